The first-order valence-electron chi connectivity index (χ1n) is 5.31. The molecular formula is C10H13N5O3S. The van der Waals surface area contributed by atoms with Crippen LogP contribution in [-0.4, -0.2) is 18.6 Å². The molecule has 0 aliphatic carbocycles. The zero-order valence-electron chi connectivity index (χ0n) is 10.1. The Hall–Kier alpha value is -2.13. The number of sulfonamides is 1. The molecule has 0 bridgehead atoms. The molecule has 0 aliphatic rings. The number of hydrogen-bond donors (Lipinski definition) is 3. The second-order valence-corrected chi connectivity index (χ2v) is 5.48. The lowest BCUT2D eigenvalue weighted by atomic mass is 10.3. The molecule has 5 N–H and O–H groups in total. The zero-order chi connectivity index (χ0) is 14.0. The van der Waals surface area contributed by atoms with E-state index in [9.17, 15) is 8.42 Å². The van der Waals surface area contributed by atoms with Gasteiger partial charge in [0.15, 0.2) is 5.82 Å². The van der Waals surface area contributed by atoms with Crippen LogP contribution in [0.5, 0.6) is 0 Å². The highest BCUT2D eigenvalue weighted by atomic mass is 32.2. The molecule has 1 heterocycles. The molecule has 2 aromatic rings. The number of nitrogen functional groups attached to an aromatic ring is 1. The number of anilines is 2. The summed E-state index contributed by atoms with van der Waals surface area (Å²) in [4.78, 5) is 3.95. The fourth-order valence-corrected chi connectivity index (χ4v) is 2.07. The van der Waals surface area contributed by atoms with Gasteiger partial charge in [0.25, 0.3) is 0 Å². The van der Waals surface area contributed by atoms with Crippen molar-refractivity contribution < 1.29 is 12.9 Å². The van der Waals surface area contributed by atoms with Crippen molar-refractivity contribution in [1.29, 1.82) is 0 Å². The Morgan fingerprint density at radius 3 is 2.68 bits per heavy atom. The van der Waals surface area contributed by atoms with Gasteiger partial charge in [0, 0.05) is 18.3 Å². The molecule has 0 saturated heterocycles. The van der Waals surface area contributed by atoms with Crippen molar-refractivity contribution in [1.82, 2.24) is 10.1 Å². The van der Waals surface area contributed by atoms with E-state index in [1.54, 1.807) is 13.0 Å². The first-order chi connectivity index (χ1) is 8.84. The molecule has 0 atom stereocenters. The zero-order valence-corrected chi connectivity index (χ0v) is 10.9. The molecule has 0 aliphatic heterocycles. The van der Waals surface area contributed by atoms with Gasteiger partial charge in [-0.2, -0.15) is 4.98 Å². The van der Waals surface area contributed by atoms with Crippen LogP contribution in [-0.2, 0) is 16.6 Å². The lowest BCUT2D eigenvalue weighted by Gasteiger charge is -2.07. The number of aromatic nitrogens is 2. The minimum Gasteiger partial charge on any atom is -0.399 e. The standard InChI is InChI=1S/C10H13N5O3S/c1-6-14-10(15-18-6)5-13-8-2-7(11)3-9(4-8)19(12,16)17/h2-4,13H,5,11H2,1H3,(H2,12,16,17). The summed E-state index contributed by atoms with van der Waals surface area (Å²) in [6, 6.07) is 4.26. The van der Waals surface area contributed by atoms with E-state index >= 15 is 0 Å². The number of hydrogen-bond acceptors (Lipinski definition) is 7. The van der Waals surface area contributed by atoms with E-state index in [1.807, 2.05) is 0 Å². The Kier molecular flexibility index (Phi) is 3.40. The number of nitrogens with two attached hydrogens (primary N) is 2. The van der Waals surface area contributed by atoms with Gasteiger partial charge in [-0.1, -0.05) is 5.16 Å². The summed E-state index contributed by atoms with van der Waals surface area (Å²) >= 11 is 0. The maximum absolute atomic E-state index is 11.3. The average Bonchev–Trinajstić information content (AvgIpc) is 2.71. The Morgan fingerprint density at radius 2 is 2.11 bits per heavy atom. The third kappa shape index (κ3) is 3.42. The Morgan fingerprint density at radius 1 is 1.37 bits per heavy atom. The van der Waals surface area contributed by atoms with Gasteiger partial charge in [-0.25, -0.2) is 13.6 Å². The van der Waals surface area contributed by atoms with E-state index in [0.717, 1.165) is 0 Å². The molecule has 1 aromatic carbocycles. The molecule has 1 aromatic heterocycles. The number of benzene rings is 1. The Bertz CT molecular complexity index is 695. The van der Waals surface area contributed by atoms with E-state index in [4.69, 9.17) is 15.4 Å². The lowest BCUT2D eigenvalue weighted by molar-refractivity contribution is 0.388. The van der Waals surface area contributed by atoms with Gasteiger partial charge in [-0.3, -0.25) is 0 Å². The maximum Gasteiger partial charge on any atom is 0.238 e. The summed E-state index contributed by atoms with van der Waals surface area (Å²) < 4.78 is 27.4. The van der Waals surface area contributed by atoms with Crippen LogP contribution < -0.4 is 16.2 Å². The van der Waals surface area contributed by atoms with Crippen LogP contribution in [0.25, 0.3) is 0 Å². The van der Waals surface area contributed by atoms with Crippen LogP contribution in [0, 0.1) is 6.92 Å². The molecule has 0 radical (unpaired) electrons. The average molecular weight is 283 g/mol. The fourth-order valence-electron chi connectivity index (χ4n) is 1.48. The summed E-state index contributed by atoms with van der Waals surface area (Å²) in [6.45, 7) is 1.96. The van der Waals surface area contributed by atoms with Gasteiger partial charge in [-0.05, 0) is 18.2 Å². The molecule has 102 valence electrons. The topological polar surface area (TPSA) is 137 Å². The van der Waals surface area contributed by atoms with E-state index in [0.29, 0.717) is 23.1 Å². The smallest absolute Gasteiger partial charge is 0.238 e. The van der Waals surface area contributed by atoms with E-state index in [-0.39, 0.29) is 11.4 Å². The van der Waals surface area contributed by atoms with Gasteiger partial charge in [-0.15, -0.1) is 0 Å². The largest absolute Gasteiger partial charge is 0.399 e. The first kappa shape index (κ1) is 13.3. The second kappa shape index (κ2) is 4.86. The van der Waals surface area contributed by atoms with Crippen molar-refractivity contribution in [3.8, 4) is 0 Å². The summed E-state index contributed by atoms with van der Waals surface area (Å²) in [5.41, 5.74) is 6.42. The first-order valence-corrected chi connectivity index (χ1v) is 6.85. The van der Waals surface area contributed by atoms with Gasteiger partial charge in [0.2, 0.25) is 15.9 Å². The number of rotatable bonds is 4. The van der Waals surface area contributed by atoms with Crippen LogP contribution >= 0.6 is 0 Å². The highest BCUT2D eigenvalue weighted by molar-refractivity contribution is 7.89. The highest BCUT2D eigenvalue weighted by Crippen LogP contribution is 2.19. The van der Waals surface area contributed by atoms with E-state index in [1.165, 1.54) is 12.1 Å². The quantitative estimate of drug-likeness (QED) is 0.682. The van der Waals surface area contributed by atoms with Crippen molar-refractivity contribution in [2.24, 2.45) is 5.14 Å². The molecule has 19 heavy (non-hydrogen) atoms. The third-order valence-electron chi connectivity index (χ3n) is 2.28. The monoisotopic (exact) mass is 283 g/mol. The number of nitrogens with zero attached hydrogens (tertiary/aromatic N) is 2. The van der Waals surface area contributed by atoms with Crippen molar-refractivity contribution in [2.45, 2.75) is 18.4 Å². The predicted molar refractivity (Wildman–Crippen MR) is 68.6 cm³/mol. The van der Waals surface area contributed by atoms with Crippen molar-refractivity contribution >= 4 is 21.4 Å². The second-order valence-electron chi connectivity index (χ2n) is 3.92. The summed E-state index contributed by atoms with van der Waals surface area (Å²) in [7, 11) is -3.80. The molecule has 0 saturated carbocycles. The number of primary sulfonamides is 1. The minimum absolute atomic E-state index is 0.0562. The minimum atomic E-state index is -3.80. The van der Waals surface area contributed by atoms with Gasteiger partial charge >= 0.3 is 0 Å². The van der Waals surface area contributed by atoms with Crippen molar-refractivity contribution in [2.75, 3.05) is 11.1 Å². The predicted octanol–water partition coefficient (Wildman–Crippen LogP) is 0.220. The number of aryl methyl sites for hydroxylation is 1. The third-order valence-corrected chi connectivity index (χ3v) is 3.17. The maximum atomic E-state index is 11.3. The Balaban J connectivity index is 2.19. The van der Waals surface area contributed by atoms with Gasteiger partial charge in [0.05, 0.1) is 11.4 Å². The molecular weight excluding hydrogens is 270 g/mol. The SMILES string of the molecule is Cc1nc(CNc2cc(N)cc(S(N)(=O)=O)c2)no1. The van der Waals surface area contributed by atoms with Gasteiger partial charge in [0.1, 0.15) is 0 Å². The molecule has 0 spiro atoms. The van der Waals surface area contributed by atoms with Crippen LogP contribution in [0.2, 0.25) is 0 Å². The fraction of sp³-hybridized carbons (Fsp3) is 0.200. The highest BCUT2D eigenvalue weighted by Gasteiger charge is 2.10. The summed E-state index contributed by atoms with van der Waals surface area (Å²) in [6.07, 6.45) is 0. The van der Waals surface area contributed by atoms with Crippen LogP contribution in [0.4, 0.5) is 11.4 Å². The van der Waals surface area contributed by atoms with Gasteiger partial charge < -0.3 is 15.6 Å². The molecule has 2 rings (SSSR count). The van der Waals surface area contributed by atoms with E-state index < -0.39 is 10.0 Å². The van der Waals surface area contributed by atoms with E-state index in [2.05, 4.69) is 15.5 Å². The molecule has 0 amide bonds. The normalized spacial score (nSPS) is 11.5. The lowest BCUT2D eigenvalue weighted by Crippen LogP contribution is -2.13. The summed E-state index contributed by atoms with van der Waals surface area (Å²) in [5.74, 6) is 0.909. The molecule has 0 fully saturated rings. The van der Waals surface area contributed by atoms with Crippen LogP contribution in [0.3, 0.4) is 0 Å². The molecule has 9 heteroatoms. The molecule has 8 nitrogen and oxygen atoms in total. The number of nitrogens with one attached hydrogen (secondary N) is 1. The molecule has 0 unspecified atom stereocenters. The van der Waals surface area contributed by atoms with Crippen molar-refractivity contribution in [3.63, 3.8) is 0 Å². The van der Waals surface area contributed by atoms with Crippen LogP contribution in [0.15, 0.2) is 27.6 Å². The van der Waals surface area contributed by atoms with Crippen LogP contribution in [0.1, 0.15) is 11.7 Å². The Labute approximate surface area is 109 Å². The summed E-state index contributed by atoms with van der Waals surface area (Å²) in [5, 5.41) is 11.7. The van der Waals surface area contributed by atoms with Crippen molar-refractivity contribution in [3.05, 3.63) is 29.9 Å².